The summed E-state index contributed by atoms with van der Waals surface area (Å²) in [6.45, 7) is 0.681. The minimum Gasteiger partial charge on any atom is -0.382 e. The molecule has 0 radical (unpaired) electrons. The number of rotatable bonds is 3. The fourth-order valence-corrected chi connectivity index (χ4v) is 1.16. The molecule has 2 aromatic heterocycles. The topological polar surface area (TPSA) is 76.7 Å². The van der Waals surface area contributed by atoms with E-state index >= 15 is 0 Å². The zero-order chi connectivity index (χ0) is 10.5. The Balaban J connectivity index is 1.99. The molecule has 0 atom stereocenters. The highest BCUT2D eigenvalue weighted by molar-refractivity contribution is 5.38. The maximum absolute atomic E-state index is 5.50. The van der Waals surface area contributed by atoms with E-state index in [2.05, 4.69) is 20.3 Å². The standard InChI is InChI=1S/C10H11N5/c11-9-6-13-7-10(15-9)14-5-8-1-3-12-4-2-8/h1-4,6-7H,5H2,(H3,11,14,15). The van der Waals surface area contributed by atoms with Gasteiger partial charge in [0.25, 0.3) is 0 Å². The summed E-state index contributed by atoms with van der Waals surface area (Å²) in [7, 11) is 0. The average molecular weight is 201 g/mol. The molecule has 5 heteroatoms. The minimum absolute atomic E-state index is 0.412. The Morgan fingerprint density at radius 2 is 1.93 bits per heavy atom. The van der Waals surface area contributed by atoms with E-state index in [1.165, 1.54) is 6.20 Å². The van der Waals surface area contributed by atoms with Crippen molar-refractivity contribution in [2.75, 3.05) is 11.1 Å². The van der Waals surface area contributed by atoms with Crippen LogP contribution in [-0.2, 0) is 6.54 Å². The van der Waals surface area contributed by atoms with Crippen molar-refractivity contribution in [1.29, 1.82) is 0 Å². The summed E-state index contributed by atoms with van der Waals surface area (Å²) in [6, 6.07) is 3.87. The number of aromatic nitrogens is 3. The van der Waals surface area contributed by atoms with Crippen molar-refractivity contribution in [1.82, 2.24) is 15.0 Å². The van der Waals surface area contributed by atoms with E-state index in [1.807, 2.05) is 12.1 Å². The molecule has 0 aromatic carbocycles. The molecule has 3 N–H and O–H groups in total. The summed E-state index contributed by atoms with van der Waals surface area (Å²) in [6.07, 6.45) is 6.65. The Morgan fingerprint density at radius 3 is 2.67 bits per heavy atom. The van der Waals surface area contributed by atoms with E-state index in [0.717, 1.165) is 5.56 Å². The smallest absolute Gasteiger partial charge is 0.147 e. The normalized spacial score (nSPS) is 9.87. The second-order valence-electron chi connectivity index (χ2n) is 3.04. The predicted octanol–water partition coefficient (Wildman–Crippen LogP) is 1.07. The van der Waals surface area contributed by atoms with Gasteiger partial charge in [-0.05, 0) is 17.7 Å². The molecule has 5 nitrogen and oxygen atoms in total. The SMILES string of the molecule is Nc1cncc(NCc2ccncc2)n1. The molecule has 0 saturated carbocycles. The van der Waals surface area contributed by atoms with Crippen LogP contribution in [0.25, 0.3) is 0 Å². The number of nitrogens with one attached hydrogen (secondary N) is 1. The fraction of sp³-hybridized carbons (Fsp3) is 0.100. The third-order valence-corrected chi connectivity index (χ3v) is 1.88. The number of nitrogens with zero attached hydrogens (tertiary/aromatic N) is 3. The largest absolute Gasteiger partial charge is 0.382 e. The molecule has 0 unspecified atom stereocenters. The van der Waals surface area contributed by atoms with Gasteiger partial charge in [0, 0.05) is 18.9 Å². The third-order valence-electron chi connectivity index (χ3n) is 1.88. The highest BCUT2D eigenvalue weighted by atomic mass is 15.0. The molecule has 0 aliphatic heterocycles. The number of nitrogen functional groups attached to an aromatic ring is 1. The lowest BCUT2D eigenvalue weighted by Gasteiger charge is -2.04. The molecule has 0 amide bonds. The van der Waals surface area contributed by atoms with Crippen molar-refractivity contribution in [3.8, 4) is 0 Å². The van der Waals surface area contributed by atoms with Gasteiger partial charge < -0.3 is 11.1 Å². The van der Waals surface area contributed by atoms with E-state index in [-0.39, 0.29) is 0 Å². The number of hydrogen-bond donors (Lipinski definition) is 2. The van der Waals surface area contributed by atoms with Gasteiger partial charge in [0.15, 0.2) is 0 Å². The zero-order valence-electron chi connectivity index (χ0n) is 8.09. The van der Waals surface area contributed by atoms with Crippen LogP contribution in [0.15, 0.2) is 36.9 Å². The van der Waals surface area contributed by atoms with Crippen molar-refractivity contribution >= 4 is 11.6 Å². The molecule has 76 valence electrons. The summed E-state index contributed by atoms with van der Waals surface area (Å²) < 4.78 is 0. The highest BCUT2D eigenvalue weighted by Crippen LogP contribution is 2.05. The summed E-state index contributed by atoms with van der Waals surface area (Å²) >= 11 is 0. The zero-order valence-corrected chi connectivity index (χ0v) is 8.09. The predicted molar refractivity (Wildman–Crippen MR) is 58.0 cm³/mol. The lowest BCUT2D eigenvalue weighted by Crippen LogP contribution is -2.03. The van der Waals surface area contributed by atoms with Crippen LogP contribution in [0.3, 0.4) is 0 Å². The monoisotopic (exact) mass is 201 g/mol. The molecule has 0 saturated heterocycles. The maximum Gasteiger partial charge on any atom is 0.147 e. The number of pyridine rings is 1. The number of hydrogen-bond acceptors (Lipinski definition) is 5. The Kier molecular flexibility index (Phi) is 2.73. The molecular formula is C10H11N5. The molecule has 0 aliphatic rings. The second kappa shape index (κ2) is 4.36. The quantitative estimate of drug-likeness (QED) is 0.776. The van der Waals surface area contributed by atoms with E-state index in [4.69, 9.17) is 5.73 Å². The van der Waals surface area contributed by atoms with Gasteiger partial charge in [-0.15, -0.1) is 0 Å². The molecule has 2 aromatic rings. The van der Waals surface area contributed by atoms with Gasteiger partial charge in [0.2, 0.25) is 0 Å². The van der Waals surface area contributed by atoms with Gasteiger partial charge in [0.1, 0.15) is 11.6 Å². The summed E-state index contributed by atoms with van der Waals surface area (Å²) in [4.78, 5) is 11.9. The summed E-state index contributed by atoms with van der Waals surface area (Å²) in [5.41, 5.74) is 6.64. The van der Waals surface area contributed by atoms with E-state index in [1.54, 1.807) is 18.6 Å². The van der Waals surface area contributed by atoms with Gasteiger partial charge in [0.05, 0.1) is 12.4 Å². The van der Waals surface area contributed by atoms with Crippen LogP contribution in [-0.4, -0.2) is 15.0 Å². The van der Waals surface area contributed by atoms with E-state index < -0.39 is 0 Å². The molecule has 15 heavy (non-hydrogen) atoms. The van der Waals surface area contributed by atoms with Crippen molar-refractivity contribution < 1.29 is 0 Å². The molecule has 0 bridgehead atoms. The Morgan fingerprint density at radius 1 is 1.13 bits per heavy atom. The average Bonchev–Trinajstić information content (AvgIpc) is 2.28. The Hall–Kier alpha value is -2.17. The van der Waals surface area contributed by atoms with E-state index in [0.29, 0.717) is 18.2 Å². The lowest BCUT2D eigenvalue weighted by molar-refractivity contribution is 1.08. The Bertz CT molecular complexity index is 429. The third kappa shape index (κ3) is 2.63. The van der Waals surface area contributed by atoms with Crippen LogP contribution in [0, 0.1) is 0 Å². The van der Waals surface area contributed by atoms with E-state index in [9.17, 15) is 0 Å². The van der Waals surface area contributed by atoms with Crippen LogP contribution in [0.4, 0.5) is 11.6 Å². The van der Waals surface area contributed by atoms with Crippen LogP contribution < -0.4 is 11.1 Å². The first-order valence-corrected chi connectivity index (χ1v) is 4.55. The van der Waals surface area contributed by atoms with Crippen molar-refractivity contribution in [2.45, 2.75) is 6.54 Å². The fourth-order valence-electron chi connectivity index (χ4n) is 1.16. The molecular weight excluding hydrogens is 190 g/mol. The first kappa shape index (κ1) is 9.39. The van der Waals surface area contributed by atoms with Crippen molar-refractivity contribution in [2.24, 2.45) is 0 Å². The maximum atomic E-state index is 5.50. The number of nitrogens with two attached hydrogens (primary N) is 1. The minimum atomic E-state index is 0.412. The number of anilines is 2. The molecule has 0 aliphatic carbocycles. The summed E-state index contributed by atoms with van der Waals surface area (Å²) in [5, 5.41) is 3.12. The molecule has 2 heterocycles. The first-order valence-electron chi connectivity index (χ1n) is 4.55. The van der Waals surface area contributed by atoms with Gasteiger partial charge in [-0.1, -0.05) is 0 Å². The van der Waals surface area contributed by atoms with Crippen LogP contribution in [0.2, 0.25) is 0 Å². The molecule has 2 rings (SSSR count). The van der Waals surface area contributed by atoms with Gasteiger partial charge >= 0.3 is 0 Å². The highest BCUT2D eigenvalue weighted by Gasteiger charge is 1.95. The van der Waals surface area contributed by atoms with Crippen LogP contribution in [0.5, 0.6) is 0 Å². The molecule has 0 fully saturated rings. The van der Waals surface area contributed by atoms with Crippen LogP contribution in [0.1, 0.15) is 5.56 Å². The van der Waals surface area contributed by atoms with Crippen molar-refractivity contribution in [3.63, 3.8) is 0 Å². The van der Waals surface area contributed by atoms with Crippen LogP contribution >= 0.6 is 0 Å². The first-order chi connectivity index (χ1) is 7.34. The lowest BCUT2D eigenvalue weighted by atomic mass is 10.3. The van der Waals surface area contributed by atoms with Gasteiger partial charge in [-0.2, -0.15) is 0 Å². The van der Waals surface area contributed by atoms with Gasteiger partial charge in [-0.3, -0.25) is 9.97 Å². The van der Waals surface area contributed by atoms with Crippen molar-refractivity contribution in [3.05, 3.63) is 42.5 Å². The summed E-state index contributed by atoms with van der Waals surface area (Å²) in [5.74, 6) is 1.08. The van der Waals surface area contributed by atoms with Gasteiger partial charge in [-0.25, -0.2) is 4.98 Å². The second-order valence-corrected chi connectivity index (χ2v) is 3.04. The molecule has 0 spiro atoms. The Labute approximate surface area is 87.4 Å².